The number of hydrogen-bond donors (Lipinski definition) is 0. The third-order valence-electron chi connectivity index (χ3n) is 1.52. The standard InChI is InChI=1S/2C6H12/c2*1-3-5-6-4-2/h2*3H,1,4-6H2,2H3. The quantitative estimate of drug-likeness (QED) is 0.397. The SMILES string of the molecule is C=CCCCC.C=CCCCC. The lowest BCUT2D eigenvalue weighted by molar-refractivity contribution is 0.816. The minimum absolute atomic E-state index is 1.18. The summed E-state index contributed by atoms with van der Waals surface area (Å²) in [5, 5.41) is 0. The van der Waals surface area contributed by atoms with Gasteiger partial charge < -0.3 is 0 Å². The van der Waals surface area contributed by atoms with Crippen LogP contribution in [0.5, 0.6) is 0 Å². The summed E-state index contributed by atoms with van der Waals surface area (Å²) in [6.45, 7) is 11.6. The second-order valence-electron chi connectivity index (χ2n) is 2.86. The Kier molecular flexibility index (Phi) is 19.7. The van der Waals surface area contributed by atoms with Crippen LogP contribution < -0.4 is 0 Å². The maximum atomic E-state index is 3.60. The van der Waals surface area contributed by atoms with Gasteiger partial charge in [-0.1, -0.05) is 51.7 Å². The fraction of sp³-hybridized carbons (Fsp3) is 0.667. The van der Waals surface area contributed by atoms with E-state index < -0.39 is 0 Å². The first-order valence-corrected chi connectivity index (χ1v) is 5.05. The van der Waals surface area contributed by atoms with E-state index in [9.17, 15) is 0 Å². The molecule has 0 unspecified atom stereocenters. The van der Waals surface area contributed by atoms with Crippen LogP contribution in [0.25, 0.3) is 0 Å². The van der Waals surface area contributed by atoms with Crippen molar-refractivity contribution in [2.45, 2.75) is 52.4 Å². The van der Waals surface area contributed by atoms with Crippen molar-refractivity contribution in [3.8, 4) is 0 Å². The Labute approximate surface area is 78.4 Å². The fourth-order valence-corrected chi connectivity index (χ4v) is 0.697. The van der Waals surface area contributed by atoms with E-state index in [0.29, 0.717) is 0 Å². The largest absolute Gasteiger partial charge is 0.103 e. The number of rotatable bonds is 6. The van der Waals surface area contributed by atoms with E-state index in [1.54, 1.807) is 0 Å². The molecule has 0 saturated heterocycles. The van der Waals surface area contributed by atoms with Crippen molar-refractivity contribution in [2.24, 2.45) is 0 Å². The van der Waals surface area contributed by atoms with Crippen LogP contribution in [-0.2, 0) is 0 Å². The highest BCUT2D eigenvalue weighted by Gasteiger charge is 1.71. The Balaban J connectivity index is 0. The summed E-state index contributed by atoms with van der Waals surface area (Å²) in [5.74, 6) is 0. The van der Waals surface area contributed by atoms with E-state index in [2.05, 4.69) is 27.0 Å². The average molecular weight is 168 g/mol. The Morgan fingerprint density at radius 1 is 0.833 bits per heavy atom. The summed E-state index contributed by atoms with van der Waals surface area (Å²) >= 11 is 0. The smallest absolute Gasteiger partial charge is 0.0354 e. The van der Waals surface area contributed by atoms with Gasteiger partial charge in [0.25, 0.3) is 0 Å². The lowest BCUT2D eigenvalue weighted by Crippen LogP contribution is -1.61. The Morgan fingerprint density at radius 3 is 1.25 bits per heavy atom. The Bertz CT molecular complexity index is 70.0. The van der Waals surface area contributed by atoms with Crippen LogP contribution in [0.2, 0.25) is 0 Å². The first kappa shape index (κ1) is 14.0. The molecule has 0 amide bonds. The molecule has 0 spiro atoms. The van der Waals surface area contributed by atoms with E-state index in [0.717, 1.165) is 0 Å². The zero-order chi connectivity index (χ0) is 9.66. The molecule has 0 rings (SSSR count). The monoisotopic (exact) mass is 168 g/mol. The number of hydrogen-bond acceptors (Lipinski definition) is 0. The van der Waals surface area contributed by atoms with Crippen molar-refractivity contribution in [1.29, 1.82) is 0 Å². The molecule has 0 bridgehead atoms. The first-order chi connectivity index (χ1) is 5.83. The molecule has 0 fully saturated rings. The van der Waals surface area contributed by atoms with Crippen molar-refractivity contribution in [3.05, 3.63) is 25.3 Å². The maximum absolute atomic E-state index is 3.60. The van der Waals surface area contributed by atoms with Crippen LogP contribution in [0.15, 0.2) is 25.3 Å². The molecule has 12 heavy (non-hydrogen) atoms. The molecule has 0 aliphatic carbocycles. The lowest BCUT2D eigenvalue weighted by Gasteiger charge is -1.81. The molecule has 0 heteroatoms. The average Bonchev–Trinajstić information content (AvgIpc) is 2.12. The van der Waals surface area contributed by atoms with Crippen LogP contribution in [0.1, 0.15) is 52.4 Å². The summed E-state index contributed by atoms with van der Waals surface area (Å²) in [6.07, 6.45) is 11.4. The molecule has 0 radical (unpaired) electrons. The van der Waals surface area contributed by atoms with Crippen molar-refractivity contribution >= 4 is 0 Å². The van der Waals surface area contributed by atoms with E-state index in [4.69, 9.17) is 0 Å². The predicted molar refractivity (Wildman–Crippen MR) is 59.4 cm³/mol. The van der Waals surface area contributed by atoms with Crippen LogP contribution >= 0.6 is 0 Å². The van der Waals surface area contributed by atoms with Gasteiger partial charge >= 0.3 is 0 Å². The van der Waals surface area contributed by atoms with Crippen molar-refractivity contribution < 1.29 is 0 Å². The van der Waals surface area contributed by atoms with Gasteiger partial charge in [0.1, 0.15) is 0 Å². The second-order valence-corrected chi connectivity index (χ2v) is 2.86. The van der Waals surface area contributed by atoms with E-state index in [1.807, 2.05) is 12.2 Å². The first-order valence-electron chi connectivity index (χ1n) is 5.05. The van der Waals surface area contributed by atoms with Gasteiger partial charge in [-0.05, 0) is 12.8 Å². The minimum Gasteiger partial charge on any atom is -0.103 e. The minimum atomic E-state index is 1.18. The molecule has 72 valence electrons. The van der Waals surface area contributed by atoms with Crippen molar-refractivity contribution in [1.82, 2.24) is 0 Å². The summed E-state index contributed by atoms with van der Waals surface area (Å²) < 4.78 is 0. The van der Waals surface area contributed by atoms with Gasteiger partial charge in [0.05, 0.1) is 0 Å². The van der Waals surface area contributed by atoms with Gasteiger partial charge in [-0.3, -0.25) is 0 Å². The second kappa shape index (κ2) is 16.8. The van der Waals surface area contributed by atoms with Crippen LogP contribution in [0.4, 0.5) is 0 Å². The topological polar surface area (TPSA) is 0 Å². The molecule has 0 aromatic rings. The molecule has 0 nitrogen and oxygen atoms in total. The molecular weight excluding hydrogens is 144 g/mol. The van der Waals surface area contributed by atoms with Gasteiger partial charge in [-0.2, -0.15) is 0 Å². The summed E-state index contributed by atoms with van der Waals surface area (Å²) in [6, 6.07) is 0. The highest BCUT2D eigenvalue weighted by Crippen LogP contribution is 1.91. The van der Waals surface area contributed by atoms with Crippen LogP contribution in [-0.4, -0.2) is 0 Å². The molecule has 0 atom stereocenters. The van der Waals surface area contributed by atoms with E-state index in [1.165, 1.54) is 38.5 Å². The summed E-state index contributed by atoms with van der Waals surface area (Å²) in [4.78, 5) is 0. The molecule has 0 aromatic carbocycles. The third-order valence-corrected chi connectivity index (χ3v) is 1.52. The maximum Gasteiger partial charge on any atom is -0.0354 e. The number of unbranched alkanes of at least 4 members (excludes halogenated alkanes) is 4. The van der Waals surface area contributed by atoms with Crippen molar-refractivity contribution in [3.63, 3.8) is 0 Å². The van der Waals surface area contributed by atoms with Gasteiger partial charge in [0.2, 0.25) is 0 Å². The van der Waals surface area contributed by atoms with Gasteiger partial charge in [0, 0.05) is 0 Å². The zero-order valence-electron chi connectivity index (χ0n) is 8.81. The fourth-order valence-electron chi connectivity index (χ4n) is 0.697. The van der Waals surface area contributed by atoms with Crippen LogP contribution in [0, 0.1) is 0 Å². The van der Waals surface area contributed by atoms with E-state index in [-0.39, 0.29) is 0 Å². The molecule has 0 saturated carbocycles. The van der Waals surface area contributed by atoms with Crippen LogP contribution in [0.3, 0.4) is 0 Å². The highest BCUT2D eigenvalue weighted by molar-refractivity contribution is 4.64. The van der Waals surface area contributed by atoms with Crippen molar-refractivity contribution in [2.75, 3.05) is 0 Å². The van der Waals surface area contributed by atoms with Gasteiger partial charge in [-0.25, -0.2) is 0 Å². The Hall–Kier alpha value is -0.520. The third kappa shape index (κ3) is 22.7. The molecular formula is C12H24. The zero-order valence-corrected chi connectivity index (χ0v) is 8.81. The predicted octanol–water partition coefficient (Wildman–Crippen LogP) is 4.73. The summed E-state index contributed by atoms with van der Waals surface area (Å²) in [7, 11) is 0. The Morgan fingerprint density at radius 2 is 1.17 bits per heavy atom. The van der Waals surface area contributed by atoms with E-state index >= 15 is 0 Å². The summed E-state index contributed by atoms with van der Waals surface area (Å²) in [5.41, 5.74) is 0. The normalized spacial score (nSPS) is 8.17. The molecule has 0 aliphatic rings. The molecule has 0 N–H and O–H groups in total. The van der Waals surface area contributed by atoms with Gasteiger partial charge in [0.15, 0.2) is 0 Å². The number of allylic oxidation sites excluding steroid dienone is 2. The molecule has 0 aromatic heterocycles. The highest BCUT2D eigenvalue weighted by atomic mass is 13.8. The molecule has 0 aliphatic heterocycles. The van der Waals surface area contributed by atoms with Gasteiger partial charge in [-0.15, -0.1) is 13.2 Å². The molecule has 0 heterocycles. The lowest BCUT2D eigenvalue weighted by atomic mass is 10.3.